The summed E-state index contributed by atoms with van der Waals surface area (Å²) < 4.78 is 29.4. The molecular weight excluding hydrogens is 406 g/mol. The van der Waals surface area contributed by atoms with E-state index in [4.69, 9.17) is 0 Å². The number of pyridine rings is 1. The Hall–Kier alpha value is -2.66. The second kappa shape index (κ2) is 8.60. The van der Waals surface area contributed by atoms with E-state index in [1.807, 2.05) is 37.3 Å². The summed E-state index contributed by atoms with van der Waals surface area (Å²) in [5, 5.41) is 9.97. The number of aromatic amines is 1. The zero-order valence-electron chi connectivity index (χ0n) is 16.6. The van der Waals surface area contributed by atoms with E-state index in [0.29, 0.717) is 53.8 Å². The molecule has 5 nitrogen and oxygen atoms in total. The predicted molar refractivity (Wildman–Crippen MR) is 113 cm³/mol. The highest BCUT2D eigenvalue weighted by molar-refractivity contribution is 7.99. The van der Waals surface area contributed by atoms with Gasteiger partial charge in [-0.15, -0.1) is 11.8 Å². The summed E-state index contributed by atoms with van der Waals surface area (Å²) in [6.45, 7) is 2.54. The van der Waals surface area contributed by atoms with Crippen LogP contribution in [0.4, 0.5) is 8.78 Å². The summed E-state index contributed by atoms with van der Waals surface area (Å²) >= 11 is 1.32. The van der Waals surface area contributed by atoms with E-state index in [1.54, 1.807) is 4.57 Å². The van der Waals surface area contributed by atoms with Crippen LogP contribution < -0.4 is 5.69 Å². The molecule has 0 aliphatic heterocycles. The summed E-state index contributed by atoms with van der Waals surface area (Å²) in [4.78, 5) is 19.6. The topological polar surface area (TPSA) is 74.5 Å². The molecule has 0 saturated carbocycles. The zero-order valence-corrected chi connectivity index (χ0v) is 17.4. The third kappa shape index (κ3) is 3.86. The number of nitrogens with one attached hydrogen (secondary N) is 1. The Kier molecular flexibility index (Phi) is 5.91. The number of rotatable bonds is 6. The van der Waals surface area contributed by atoms with Crippen molar-refractivity contribution in [1.82, 2.24) is 14.5 Å². The number of benzene rings is 1. The molecule has 156 valence electrons. The molecule has 2 aromatic heterocycles. The van der Waals surface area contributed by atoms with Crippen molar-refractivity contribution in [2.24, 2.45) is 5.92 Å². The molecule has 1 unspecified atom stereocenters. The predicted octanol–water partition coefficient (Wildman–Crippen LogP) is 4.84. The average molecular weight is 429 g/mol. The molecule has 30 heavy (non-hydrogen) atoms. The van der Waals surface area contributed by atoms with Crippen LogP contribution in [0.3, 0.4) is 0 Å². The molecule has 1 aromatic carbocycles. The van der Waals surface area contributed by atoms with Gasteiger partial charge in [0, 0.05) is 23.6 Å². The standard InChI is InChI=1S/C22H22F2N4OS/c1-13-7-8-16-14(11-13)19(20(23)24)15(12-25)21(26-16)30-10-4-9-28-18-6-3-2-5-17(18)27-22(28)29/h2-3,5-6,13,20H,4,7-11H2,1H3,(H,27,29). The van der Waals surface area contributed by atoms with Crippen LogP contribution in [0.1, 0.15) is 48.6 Å². The molecule has 0 amide bonds. The maximum absolute atomic E-state index is 13.8. The van der Waals surface area contributed by atoms with Gasteiger partial charge in [0.1, 0.15) is 11.1 Å². The van der Waals surface area contributed by atoms with Crippen molar-refractivity contribution in [2.45, 2.75) is 50.6 Å². The molecule has 0 spiro atoms. The first-order chi connectivity index (χ1) is 14.5. The van der Waals surface area contributed by atoms with E-state index in [-0.39, 0.29) is 16.8 Å². The Morgan fingerprint density at radius 1 is 1.40 bits per heavy atom. The van der Waals surface area contributed by atoms with Crippen molar-refractivity contribution >= 4 is 22.8 Å². The lowest BCUT2D eigenvalue weighted by molar-refractivity contribution is 0.148. The van der Waals surface area contributed by atoms with Crippen LogP contribution in [0.15, 0.2) is 34.1 Å². The third-order valence-corrected chi connectivity index (χ3v) is 6.66. The number of nitrogens with zero attached hydrogens (tertiary/aromatic N) is 3. The smallest absolute Gasteiger partial charge is 0.306 e. The Morgan fingerprint density at radius 3 is 2.97 bits per heavy atom. The van der Waals surface area contributed by atoms with E-state index in [1.165, 1.54) is 11.8 Å². The molecule has 0 saturated heterocycles. The number of halogens is 2. The van der Waals surface area contributed by atoms with Crippen LogP contribution in [-0.2, 0) is 19.4 Å². The minimum absolute atomic E-state index is 0.00658. The molecule has 1 atom stereocenters. The average Bonchev–Trinajstić information content (AvgIpc) is 3.05. The molecule has 0 radical (unpaired) electrons. The van der Waals surface area contributed by atoms with E-state index >= 15 is 0 Å². The van der Waals surface area contributed by atoms with Crippen LogP contribution in [0.5, 0.6) is 0 Å². The maximum Gasteiger partial charge on any atom is 0.326 e. The molecular formula is C22H22F2N4OS. The van der Waals surface area contributed by atoms with Gasteiger partial charge in [-0.25, -0.2) is 18.6 Å². The number of aromatic nitrogens is 3. The highest BCUT2D eigenvalue weighted by Gasteiger charge is 2.29. The Labute approximate surface area is 177 Å². The van der Waals surface area contributed by atoms with Crippen LogP contribution in [0.25, 0.3) is 11.0 Å². The number of hydrogen-bond donors (Lipinski definition) is 1. The van der Waals surface area contributed by atoms with Gasteiger partial charge in [-0.1, -0.05) is 19.1 Å². The number of H-pyrrole nitrogens is 1. The number of imidazole rings is 1. The van der Waals surface area contributed by atoms with Crippen molar-refractivity contribution in [3.8, 4) is 6.07 Å². The van der Waals surface area contributed by atoms with Crippen molar-refractivity contribution in [3.05, 3.63) is 57.1 Å². The summed E-state index contributed by atoms with van der Waals surface area (Å²) in [7, 11) is 0. The van der Waals surface area contributed by atoms with Crippen molar-refractivity contribution in [3.63, 3.8) is 0 Å². The van der Waals surface area contributed by atoms with Crippen LogP contribution in [0, 0.1) is 17.2 Å². The molecule has 8 heteroatoms. The Balaban J connectivity index is 1.53. The Bertz CT molecular complexity index is 1180. The second-order valence-corrected chi connectivity index (χ2v) is 8.78. The largest absolute Gasteiger partial charge is 0.326 e. The quantitative estimate of drug-likeness (QED) is 0.450. The minimum atomic E-state index is -2.69. The van der Waals surface area contributed by atoms with Gasteiger partial charge in [-0.3, -0.25) is 4.57 Å². The SMILES string of the molecule is CC1CCc2nc(SCCCn3c(=O)[nH]c4ccccc43)c(C#N)c(C(F)F)c2C1. The normalized spacial score (nSPS) is 16.0. The fourth-order valence-corrected chi connectivity index (χ4v) is 5.05. The molecule has 2 heterocycles. The van der Waals surface area contributed by atoms with Gasteiger partial charge in [-0.2, -0.15) is 5.26 Å². The second-order valence-electron chi connectivity index (χ2n) is 7.69. The number of fused-ring (bicyclic) bond motifs is 2. The van der Waals surface area contributed by atoms with E-state index < -0.39 is 6.43 Å². The molecule has 4 rings (SSSR count). The minimum Gasteiger partial charge on any atom is -0.306 e. The first kappa shape index (κ1) is 20.6. The highest BCUT2D eigenvalue weighted by atomic mass is 32.2. The van der Waals surface area contributed by atoms with E-state index in [0.717, 1.165) is 17.5 Å². The van der Waals surface area contributed by atoms with Gasteiger partial charge in [0.15, 0.2) is 0 Å². The molecule has 0 fully saturated rings. The molecule has 1 N–H and O–H groups in total. The molecule has 1 aliphatic carbocycles. The van der Waals surface area contributed by atoms with Gasteiger partial charge in [0.2, 0.25) is 0 Å². The monoisotopic (exact) mass is 428 g/mol. The summed E-state index contributed by atoms with van der Waals surface area (Å²) in [6.07, 6.45) is 0.0933. The fourth-order valence-electron chi connectivity index (χ4n) is 4.11. The number of nitriles is 1. The lowest BCUT2D eigenvalue weighted by Crippen LogP contribution is -2.18. The van der Waals surface area contributed by atoms with E-state index in [2.05, 4.69) is 9.97 Å². The maximum atomic E-state index is 13.8. The number of para-hydroxylation sites is 2. The van der Waals surface area contributed by atoms with Crippen LogP contribution in [-0.4, -0.2) is 20.3 Å². The number of hydrogen-bond acceptors (Lipinski definition) is 4. The lowest BCUT2D eigenvalue weighted by atomic mass is 9.84. The van der Waals surface area contributed by atoms with Gasteiger partial charge >= 0.3 is 5.69 Å². The summed E-state index contributed by atoms with van der Waals surface area (Å²) in [5.74, 6) is 0.891. The zero-order chi connectivity index (χ0) is 21.3. The summed E-state index contributed by atoms with van der Waals surface area (Å²) in [5.41, 5.74) is 2.60. The number of aryl methyl sites for hydroxylation is 2. The fraction of sp³-hybridized carbons (Fsp3) is 0.409. The summed E-state index contributed by atoms with van der Waals surface area (Å²) in [6, 6.07) is 9.46. The van der Waals surface area contributed by atoms with E-state index in [9.17, 15) is 18.8 Å². The van der Waals surface area contributed by atoms with Gasteiger partial charge in [0.25, 0.3) is 6.43 Å². The molecule has 3 aromatic rings. The van der Waals surface area contributed by atoms with Crippen LogP contribution >= 0.6 is 11.8 Å². The molecule has 1 aliphatic rings. The first-order valence-electron chi connectivity index (χ1n) is 10.0. The number of thioether (sulfide) groups is 1. The highest BCUT2D eigenvalue weighted by Crippen LogP contribution is 2.38. The van der Waals surface area contributed by atoms with Gasteiger partial charge in [-0.05, 0) is 49.3 Å². The molecule has 0 bridgehead atoms. The third-order valence-electron chi connectivity index (χ3n) is 5.60. The van der Waals surface area contributed by atoms with Crippen molar-refractivity contribution < 1.29 is 8.78 Å². The Morgan fingerprint density at radius 2 is 2.20 bits per heavy atom. The van der Waals surface area contributed by atoms with Gasteiger partial charge in [0.05, 0.1) is 16.6 Å². The first-order valence-corrected chi connectivity index (χ1v) is 11.0. The van der Waals surface area contributed by atoms with Crippen LogP contribution in [0.2, 0.25) is 0 Å². The van der Waals surface area contributed by atoms with Crippen molar-refractivity contribution in [2.75, 3.05) is 5.75 Å². The van der Waals surface area contributed by atoms with Gasteiger partial charge < -0.3 is 4.98 Å². The lowest BCUT2D eigenvalue weighted by Gasteiger charge is -2.25. The number of alkyl halides is 2. The van der Waals surface area contributed by atoms with Crippen molar-refractivity contribution in [1.29, 1.82) is 5.26 Å².